The van der Waals surface area contributed by atoms with E-state index in [0.717, 1.165) is 25.1 Å². The van der Waals surface area contributed by atoms with Crippen molar-refractivity contribution >= 4 is 5.69 Å². The molecule has 0 amide bonds. The summed E-state index contributed by atoms with van der Waals surface area (Å²) >= 11 is 0. The lowest BCUT2D eigenvalue weighted by molar-refractivity contribution is 0.199. The molecule has 1 N–H and O–H groups in total. The van der Waals surface area contributed by atoms with E-state index in [-0.39, 0.29) is 5.82 Å². The Morgan fingerprint density at radius 2 is 2.15 bits per heavy atom. The van der Waals surface area contributed by atoms with Crippen LogP contribution in [-0.4, -0.2) is 33.9 Å². The normalized spacial score (nSPS) is 12.4. The molecule has 0 radical (unpaired) electrons. The first kappa shape index (κ1) is 16.9. The van der Waals surface area contributed by atoms with Gasteiger partial charge in [-0.3, -0.25) is 0 Å². The minimum atomic E-state index is -0.151. The first-order valence-corrected chi connectivity index (χ1v) is 7.27. The molecule has 0 spiro atoms. The molecule has 114 valence electrons. The second-order valence-electron chi connectivity index (χ2n) is 5.35. The third-order valence-corrected chi connectivity index (χ3v) is 3.52. The van der Waals surface area contributed by atoms with E-state index in [9.17, 15) is 4.39 Å². The number of benzene rings is 1. The highest BCUT2D eigenvalue weighted by Gasteiger charge is 2.10. The molecule has 1 rings (SSSR count). The fourth-order valence-corrected chi connectivity index (χ4v) is 2.07. The Balaban J connectivity index is 2.58. The van der Waals surface area contributed by atoms with Crippen LogP contribution in [0.3, 0.4) is 0 Å². The van der Waals surface area contributed by atoms with Crippen LogP contribution >= 0.6 is 0 Å². The Labute approximate surface area is 122 Å². The Morgan fingerprint density at radius 1 is 1.40 bits per heavy atom. The van der Waals surface area contributed by atoms with Crippen molar-refractivity contribution in [1.29, 1.82) is 0 Å². The molecule has 1 atom stereocenters. The molecule has 0 aliphatic rings. The van der Waals surface area contributed by atoms with Crippen LogP contribution in [0.1, 0.15) is 25.8 Å². The average Bonchev–Trinajstić information content (AvgIpc) is 2.43. The molecule has 0 saturated heterocycles. The highest BCUT2D eigenvalue weighted by Crippen LogP contribution is 2.21. The van der Waals surface area contributed by atoms with Crippen LogP contribution in [0.15, 0.2) is 18.2 Å². The van der Waals surface area contributed by atoms with E-state index in [1.54, 1.807) is 13.2 Å². The molecule has 0 aromatic heterocycles. The van der Waals surface area contributed by atoms with Gasteiger partial charge in [-0.25, -0.2) is 4.39 Å². The summed E-state index contributed by atoms with van der Waals surface area (Å²) in [5.41, 5.74) is 1.63. The first-order valence-electron chi connectivity index (χ1n) is 7.27. The van der Waals surface area contributed by atoms with Gasteiger partial charge in [0.1, 0.15) is 5.82 Å². The summed E-state index contributed by atoms with van der Waals surface area (Å²) in [5.74, 6) is 0.414. The van der Waals surface area contributed by atoms with Crippen LogP contribution in [0.2, 0.25) is 0 Å². The highest BCUT2D eigenvalue weighted by atomic mass is 19.1. The van der Waals surface area contributed by atoms with Crippen LogP contribution in [0.4, 0.5) is 10.1 Å². The molecule has 1 aromatic rings. The molecule has 0 heterocycles. The van der Waals surface area contributed by atoms with Gasteiger partial charge in [0, 0.05) is 33.8 Å². The molecule has 4 heteroatoms. The van der Waals surface area contributed by atoms with Gasteiger partial charge in [0.2, 0.25) is 0 Å². The number of nitrogens with zero attached hydrogens (tertiary/aromatic N) is 1. The number of hydrogen-bond donors (Lipinski definition) is 1. The summed E-state index contributed by atoms with van der Waals surface area (Å²) in [6, 6.07) is 5.46. The quantitative estimate of drug-likeness (QED) is 0.705. The van der Waals surface area contributed by atoms with E-state index >= 15 is 0 Å². The largest absolute Gasteiger partial charge is 0.383 e. The third kappa shape index (κ3) is 5.47. The molecule has 0 fully saturated rings. The summed E-state index contributed by atoms with van der Waals surface area (Å²) in [4.78, 5) is 1.99. The number of anilines is 1. The van der Waals surface area contributed by atoms with Gasteiger partial charge in [0.25, 0.3) is 0 Å². The maximum Gasteiger partial charge on any atom is 0.146 e. The maximum atomic E-state index is 14.1. The maximum absolute atomic E-state index is 14.1. The summed E-state index contributed by atoms with van der Waals surface area (Å²) < 4.78 is 19.1. The molecular formula is C16H27FN2O. The zero-order valence-electron chi connectivity index (χ0n) is 13.1. The van der Waals surface area contributed by atoms with E-state index in [1.165, 1.54) is 0 Å². The first-order chi connectivity index (χ1) is 9.58. The van der Waals surface area contributed by atoms with E-state index in [4.69, 9.17) is 4.74 Å². The monoisotopic (exact) mass is 282 g/mol. The molecule has 0 aliphatic heterocycles. The minimum absolute atomic E-state index is 0.151. The number of hydrogen-bond acceptors (Lipinski definition) is 3. The standard InChI is InChI=1S/C16H27FN2O/c1-5-13(2)12-19(3)16-7-6-14(10-15(16)17)11-18-8-9-20-4/h6-7,10,13,18H,5,8-9,11-12H2,1-4H3. The third-order valence-electron chi connectivity index (χ3n) is 3.52. The lowest BCUT2D eigenvalue weighted by Crippen LogP contribution is -2.24. The van der Waals surface area contributed by atoms with Crippen LogP contribution in [0.5, 0.6) is 0 Å². The predicted molar refractivity (Wildman–Crippen MR) is 82.7 cm³/mol. The fourth-order valence-electron chi connectivity index (χ4n) is 2.07. The molecule has 3 nitrogen and oxygen atoms in total. The number of rotatable bonds is 9. The molecule has 20 heavy (non-hydrogen) atoms. The SMILES string of the molecule is CCC(C)CN(C)c1ccc(CNCCOC)cc1F. The lowest BCUT2D eigenvalue weighted by Gasteiger charge is -2.23. The summed E-state index contributed by atoms with van der Waals surface area (Å²) in [5, 5.41) is 3.21. The van der Waals surface area contributed by atoms with Gasteiger partial charge < -0.3 is 15.0 Å². The number of methoxy groups -OCH3 is 1. The van der Waals surface area contributed by atoms with Crippen LogP contribution < -0.4 is 10.2 Å². The summed E-state index contributed by atoms with van der Waals surface area (Å²) in [7, 11) is 3.62. The fraction of sp³-hybridized carbons (Fsp3) is 0.625. The van der Waals surface area contributed by atoms with Crippen molar-refractivity contribution in [1.82, 2.24) is 5.32 Å². The number of halogens is 1. The van der Waals surface area contributed by atoms with Crippen LogP contribution in [0, 0.1) is 11.7 Å². The predicted octanol–water partition coefficient (Wildman–Crippen LogP) is 3.04. The molecule has 0 bridgehead atoms. The average molecular weight is 282 g/mol. The lowest BCUT2D eigenvalue weighted by atomic mass is 10.1. The van der Waals surface area contributed by atoms with Gasteiger partial charge in [-0.2, -0.15) is 0 Å². The van der Waals surface area contributed by atoms with E-state index in [1.807, 2.05) is 24.1 Å². The van der Waals surface area contributed by atoms with Crippen LogP contribution in [-0.2, 0) is 11.3 Å². The Bertz CT molecular complexity index is 398. The van der Waals surface area contributed by atoms with Crippen molar-refractivity contribution in [2.24, 2.45) is 5.92 Å². The van der Waals surface area contributed by atoms with Gasteiger partial charge >= 0.3 is 0 Å². The molecule has 0 saturated carbocycles. The van der Waals surface area contributed by atoms with Gasteiger partial charge in [-0.1, -0.05) is 26.3 Å². The van der Waals surface area contributed by atoms with Gasteiger partial charge in [-0.05, 0) is 23.6 Å². The Morgan fingerprint density at radius 3 is 2.75 bits per heavy atom. The van der Waals surface area contributed by atoms with Crippen molar-refractivity contribution < 1.29 is 9.13 Å². The minimum Gasteiger partial charge on any atom is -0.383 e. The molecular weight excluding hydrogens is 255 g/mol. The van der Waals surface area contributed by atoms with Crippen molar-refractivity contribution in [2.45, 2.75) is 26.8 Å². The summed E-state index contributed by atoms with van der Waals surface area (Å²) in [6.07, 6.45) is 1.10. The number of ether oxygens (including phenoxy) is 1. The number of nitrogens with one attached hydrogen (secondary N) is 1. The van der Waals surface area contributed by atoms with Gasteiger partial charge in [0.05, 0.1) is 12.3 Å². The van der Waals surface area contributed by atoms with E-state index < -0.39 is 0 Å². The molecule has 1 aromatic carbocycles. The van der Waals surface area contributed by atoms with Crippen molar-refractivity contribution in [2.75, 3.05) is 38.8 Å². The van der Waals surface area contributed by atoms with Crippen molar-refractivity contribution in [3.05, 3.63) is 29.6 Å². The van der Waals surface area contributed by atoms with E-state index in [0.29, 0.717) is 24.8 Å². The topological polar surface area (TPSA) is 24.5 Å². The second kappa shape index (κ2) is 8.93. The van der Waals surface area contributed by atoms with Crippen LogP contribution in [0.25, 0.3) is 0 Å². The Kier molecular flexibility index (Phi) is 7.55. The zero-order chi connectivity index (χ0) is 15.0. The second-order valence-corrected chi connectivity index (χ2v) is 5.35. The zero-order valence-corrected chi connectivity index (χ0v) is 13.1. The molecule has 0 aliphatic carbocycles. The van der Waals surface area contributed by atoms with Crippen molar-refractivity contribution in [3.8, 4) is 0 Å². The summed E-state index contributed by atoms with van der Waals surface area (Å²) in [6.45, 7) is 7.31. The smallest absolute Gasteiger partial charge is 0.146 e. The van der Waals surface area contributed by atoms with E-state index in [2.05, 4.69) is 19.2 Å². The van der Waals surface area contributed by atoms with Gasteiger partial charge in [-0.15, -0.1) is 0 Å². The van der Waals surface area contributed by atoms with Gasteiger partial charge in [0.15, 0.2) is 0 Å². The Hall–Kier alpha value is -1.13. The van der Waals surface area contributed by atoms with Crippen molar-refractivity contribution in [3.63, 3.8) is 0 Å². The molecule has 1 unspecified atom stereocenters. The highest BCUT2D eigenvalue weighted by molar-refractivity contribution is 5.48.